The van der Waals surface area contributed by atoms with E-state index in [2.05, 4.69) is 4.98 Å². The molecule has 0 radical (unpaired) electrons. The van der Waals surface area contributed by atoms with Crippen LogP contribution in [-0.2, 0) is 16.1 Å². The average molecular weight is 428 g/mol. The normalized spacial score (nSPS) is 14.5. The van der Waals surface area contributed by atoms with Crippen molar-refractivity contribution in [2.24, 2.45) is 5.73 Å². The minimum Gasteiger partial charge on any atom is -0.369 e. The predicted molar refractivity (Wildman–Crippen MR) is 124 cm³/mol. The van der Waals surface area contributed by atoms with E-state index in [0.29, 0.717) is 12.3 Å². The molecule has 0 spiro atoms. The van der Waals surface area contributed by atoms with Crippen LogP contribution in [0.25, 0.3) is 10.9 Å². The van der Waals surface area contributed by atoms with Crippen LogP contribution in [0.1, 0.15) is 22.6 Å². The van der Waals surface area contributed by atoms with E-state index < -0.39 is 11.8 Å². The van der Waals surface area contributed by atoms with Crippen LogP contribution in [0.4, 0.5) is 5.69 Å². The molecular formula is C25H21N3O2S. The summed E-state index contributed by atoms with van der Waals surface area (Å²) in [5.74, 6) is -0.558. The number of H-pyrrole nitrogens is 1. The number of aromatic nitrogens is 1. The Kier molecular flexibility index (Phi) is 5.00. The summed E-state index contributed by atoms with van der Waals surface area (Å²) in [4.78, 5) is 31.3. The molecule has 1 atom stereocenters. The van der Waals surface area contributed by atoms with Gasteiger partial charge in [0.1, 0.15) is 0 Å². The topological polar surface area (TPSA) is 79.2 Å². The highest BCUT2D eigenvalue weighted by atomic mass is 32.2. The highest BCUT2D eigenvalue weighted by molar-refractivity contribution is 8.00. The van der Waals surface area contributed by atoms with E-state index in [4.69, 9.17) is 5.73 Å². The van der Waals surface area contributed by atoms with Gasteiger partial charge in [-0.15, -0.1) is 11.8 Å². The van der Waals surface area contributed by atoms with Crippen molar-refractivity contribution in [2.75, 3.05) is 10.7 Å². The van der Waals surface area contributed by atoms with Crippen molar-refractivity contribution < 1.29 is 9.59 Å². The number of nitrogens with one attached hydrogen (secondary N) is 1. The number of carbonyl (C=O) groups is 2. The zero-order valence-corrected chi connectivity index (χ0v) is 17.6. The van der Waals surface area contributed by atoms with E-state index >= 15 is 0 Å². The van der Waals surface area contributed by atoms with Gasteiger partial charge in [-0.25, -0.2) is 0 Å². The quantitative estimate of drug-likeness (QED) is 0.495. The first-order valence-electron chi connectivity index (χ1n) is 10.1. The highest BCUT2D eigenvalue weighted by Gasteiger charge is 2.28. The number of primary amides is 1. The molecule has 1 aromatic heterocycles. The monoisotopic (exact) mass is 427 g/mol. The Morgan fingerprint density at radius 2 is 1.81 bits per heavy atom. The summed E-state index contributed by atoms with van der Waals surface area (Å²) in [5.41, 5.74) is 10.3. The molecule has 154 valence electrons. The standard InChI is InChI=1S/C25H21N3O2S/c26-25(30)24(18-7-6-17-10-11-27-20(17)12-18)19-8-9-22-21(13-19)28(23(29)15-31-22)14-16-4-2-1-3-5-16/h1-13,24,27H,14-15H2,(H2,26,30). The largest absolute Gasteiger partial charge is 0.369 e. The van der Waals surface area contributed by atoms with Gasteiger partial charge < -0.3 is 15.6 Å². The Balaban J connectivity index is 1.56. The number of nitrogens with zero attached hydrogens (tertiary/aromatic N) is 1. The molecule has 2 amide bonds. The number of rotatable bonds is 5. The number of benzene rings is 3. The van der Waals surface area contributed by atoms with Gasteiger partial charge >= 0.3 is 0 Å². The van der Waals surface area contributed by atoms with E-state index in [-0.39, 0.29) is 5.91 Å². The fourth-order valence-electron chi connectivity index (χ4n) is 4.10. The SMILES string of the molecule is NC(=O)C(c1ccc2c(c1)N(Cc1ccccc1)C(=O)CS2)c1ccc2cc[nH]c2c1. The zero-order valence-electron chi connectivity index (χ0n) is 16.7. The first kappa shape index (κ1) is 19.5. The minimum absolute atomic E-state index is 0.0573. The lowest BCUT2D eigenvalue weighted by molar-refractivity contribution is -0.118. The Bertz CT molecular complexity index is 1280. The maximum Gasteiger partial charge on any atom is 0.237 e. The van der Waals surface area contributed by atoms with Crippen molar-refractivity contribution in [1.29, 1.82) is 0 Å². The molecule has 0 bridgehead atoms. The predicted octanol–water partition coefficient (Wildman–Crippen LogP) is 4.42. The molecular weight excluding hydrogens is 406 g/mol. The van der Waals surface area contributed by atoms with Gasteiger partial charge in [0.15, 0.2) is 0 Å². The summed E-state index contributed by atoms with van der Waals surface area (Å²) in [5, 5.41) is 1.08. The van der Waals surface area contributed by atoms with Crippen molar-refractivity contribution in [1.82, 2.24) is 4.98 Å². The number of anilines is 1. The van der Waals surface area contributed by atoms with Crippen LogP contribution in [0.2, 0.25) is 0 Å². The minimum atomic E-state index is -0.599. The lowest BCUT2D eigenvalue weighted by Crippen LogP contribution is -2.35. The van der Waals surface area contributed by atoms with Gasteiger partial charge in [0.05, 0.1) is 23.9 Å². The highest BCUT2D eigenvalue weighted by Crippen LogP contribution is 2.39. The molecule has 0 fully saturated rings. The Morgan fingerprint density at radius 1 is 1.03 bits per heavy atom. The van der Waals surface area contributed by atoms with Crippen LogP contribution in [0.15, 0.2) is 83.9 Å². The van der Waals surface area contributed by atoms with Gasteiger partial charge in [-0.05, 0) is 46.3 Å². The van der Waals surface area contributed by atoms with Crippen molar-refractivity contribution in [3.05, 3.63) is 95.7 Å². The first-order chi connectivity index (χ1) is 15.1. The van der Waals surface area contributed by atoms with Crippen molar-refractivity contribution in [3.63, 3.8) is 0 Å². The molecule has 3 N–H and O–H groups in total. The third-order valence-electron chi connectivity index (χ3n) is 5.64. The second-order valence-corrected chi connectivity index (χ2v) is 8.66. The number of hydrogen-bond acceptors (Lipinski definition) is 3. The Morgan fingerprint density at radius 3 is 2.61 bits per heavy atom. The van der Waals surface area contributed by atoms with Crippen LogP contribution in [0.5, 0.6) is 0 Å². The summed E-state index contributed by atoms with van der Waals surface area (Å²) < 4.78 is 0. The van der Waals surface area contributed by atoms with Gasteiger partial charge in [0, 0.05) is 16.6 Å². The Labute approximate surface area is 184 Å². The fraction of sp³-hybridized carbons (Fsp3) is 0.120. The Hall–Kier alpha value is -3.51. The second-order valence-electron chi connectivity index (χ2n) is 7.64. The summed E-state index contributed by atoms with van der Waals surface area (Å²) in [6, 6.07) is 23.7. The summed E-state index contributed by atoms with van der Waals surface area (Å²) in [7, 11) is 0. The molecule has 31 heavy (non-hydrogen) atoms. The van der Waals surface area contributed by atoms with Gasteiger partial charge in [-0.1, -0.05) is 48.5 Å². The molecule has 0 aliphatic carbocycles. The maximum atomic E-state index is 12.8. The fourth-order valence-corrected chi connectivity index (χ4v) is 5.02. The number of amides is 2. The number of nitrogens with two attached hydrogens (primary N) is 1. The molecule has 1 aliphatic rings. The van der Waals surface area contributed by atoms with Gasteiger partial charge in [0.2, 0.25) is 11.8 Å². The maximum absolute atomic E-state index is 12.8. The van der Waals surface area contributed by atoms with Crippen LogP contribution >= 0.6 is 11.8 Å². The van der Waals surface area contributed by atoms with Crippen molar-refractivity contribution in [2.45, 2.75) is 17.4 Å². The lowest BCUT2D eigenvalue weighted by atomic mass is 9.89. The van der Waals surface area contributed by atoms with Crippen LogP contribution in [-0.4, -0.2) is 22.6 Å². The third kappa shape index (κ3) is 3.70. The molecule has 0 saturated heterocycles. The molecule has 0 saturated carbocycles. The molecule has 2 heterocycles. The third-order valence-corrected chi connectivity index (χ3v) is 6.69. The molecule has 3 aromatic carbocycles. The molecule has 1 aliphatic heterocycles. The smallest absolute Gasteiger partial charge is 0.237 e. The summed E-state index contributed by atoms with van der Waals surface area (Å²) in [6.45, 7) is 0.492. The van der Waals surface area contributed by atoms with E-state index in [0.717, 1.165) is 38.2 Å². The lowest BCUT2D eigenvalue weighted by Gasteiger charge is -2.30. The van der Waals surface area contributed by atoms with Gasteiger partial charge in [-0.3, -0.25) is 9.59 Å². The van der Waals surface area contributed by atoms with E-state index in [1.807, 2.05) is 79.0 Å². The first-order valence-corrected chi connectivity index (χ1v) is 11.1. The number of carbonyl (C=O) groups excluding carboxylic acids is 2. The molecule has 4 aromatic rings. The average Bonchev–Trinajstić information content (AvgIpc) is 3.24. The van der Waals surface area contributed by atoms with E-state index in [1.165, 1.54) is 11.8 Å². The number of fused-ring (bicyclic) bond motifs is 2. The van der Waals surface area contributed by atoms with Crippen LogP contribution in [0, 0.1) is 0 Å². The number of hydrogen-bond donors (Lipinski definition) is 2. The summed E-state index contributed by atoms with van der Waals surface area (Å²) >= 11 is 1.53. The molecule has 5 nitrogen and oxygen atoms in total. The molecule has 5 rings (SSSR count). The summed E-state index contributed by atoms with van der Waals surface area (Å²) in [6.07, 6.45) is 1.87. The van der Waals surface area contributed by atoms with Crippen molar-refractivity contribution in [3.8, 4) is 0 Å². The van der Waals surface area contributed by atoms with Crippen LogP contribution in [0.3, 0.4) is 0 Å². The number of thioether (sulfide) groups is 1. The van der Waals surface area contributed by atoms with E-state index in [1.54, 1.807) is 4.90 Å². The molecule has 6 heteroatoms. The molecule has 1 unspecified atom stereocenters. The number of aromatic amines is 1. The van der Waals surface area contributed by atoms with E-state index in [9.17, 15) is 9.59 Å². The van der Waals surface area contributed by atoms with Crippen molar-refractivity contribution >= 4 is 40.2 Å². The van der Waals surface area contributed by atoms with Gasteiger partial charge in [-0.2, -0.15) is 0 Å². The second kappa shape index (κ2) is 7.96. The van der Waals surface area contributed by atoms with Gasteiger partial charge in [0.25, 0.3) is 0 Å². The zero-order chi connectivity index (χ0) is 21.4. The van der Waals surface area contributed by atoms with Crippen LogP contribution < -0.4 is 10.6 Å².